The van der Waals surface area contributed by atoms with Crippen LogP contribution in [0.4, 0.5) is 11.4 Å². The van der Waals surface area contributed by atoms with Gasteiger partial charge in [-0.3, -0.25) is 9.59 Å². The molecule has 0 atom stereocenters. The second kappa shape index (κ2) is 9.06. The van der Waals surface area contributed by atoms with Crippen molar-refractivity contribution in [3.8, 4) is 17.2 Å². The molecule has 2 N–H and O–H groups in total. The SMILES string of the molecule is Cc1ccc(NC(=O)C(C)C)cc1NC(=O)c1ccccc1-c1ccccc1C#N. The van der Waals surface area contributed by atoms with Crippen LogP contribution in [0, 0.1) is 24.2 Å². The van der Waals surface area contributed by atoms with Gasteiger partial charge in [0.2, 0.25) is 5.91 Å². The second-order valence-corrected chi connectivity index (χ2v) is 7.33. The molecule has 0 heterocycles. The van der Waals surface area contributed by atoms with Crippen LogP contribution in [-0.4, -0.2) is 11.8 Å². The maximum Gasteiger partial charge on any atom is 0.256 e. The minimum absolute atomic E-state index is 0.0883. The summed E-state index contributed by atoms with van der Waals surface area (Å²) < 4.78 is 0. The van der Waals surface area contributed by atoms with Gasteiger partial charge in [-0.2, -0.15) is 5.26 Å². The molecule has 150 valence electrons. The summed E-state index contributed by atoms with van der Waals surface area (Å²) in [7, 11) is 0. The number of hydrogen-bond acceptors (Lipinski definition) is 3. The van der Waals surface area contributed by atoms with E-state index < -0.39 is 0 Å². The van der Waals surface area contributed by atoms with Crippen molar-refractivity contribution in [2.75, 3.05) is 10.6 Å². The van der Waals surface area contributed by atoms with Crippen LogP contribution in [0.15, 0.2) is 66.7 Å². The Bertz CT molecular complexity index is 1140. The molecule has 30 heavy (non-hydrogen) atoms. The highest BCUT2D eigenvalue weighted by Gasteiger charge is 2.16. The third-order valence-corrected chi connectivity index (χ3v) is 4.79. The standard InChI is InChI=1S/C25H23N3O2/c1-16(2)24(29)27-19-13-12-17(3)23(14-19)28-25(30)22-11-7-6-10-21(22)20-9-5-4-8-18(20)15-26/h4-14,16H,1-3H3,(H,27,29)(H,28,30). The molecule has 0 aliphatic carbocycles. The number of hydrogen-bond donors (Lipinski definition) is 2. The van der Waals surface area contributed by atoms with E-state index >= 15 is 0 Å². The van der Waals surface area contributed by atoms with Gasteiger partial charge in [0.25, 0.3) is 5.91 Å². The van der Waals surface area contributed by atoms with Gasteiger partial charge in [-0.15, -0.1) is 0 Å². The van der Waals surface area contributed by atoms with Crippen LogP contribution in [0.5, 0.6) is 0 Å². The number of anilines is 2. The Labute approximate surface area is 176 Å². The van der Waals surface area contributed by atoms with Crippen molar-refractivity contribution in [1.82, 2.24) is 0 Å². The lowest BCUT2D eigenvalue weighted by Crippen LogP contribution is -2.18. The Morgan fingerprint density at radius 2 is 1.57 bits per heavy atom. The highest BCUT2D eigenvalue weighted by molar-refractivity contribution is 6.09. The summed E-state index contributed by atoms with van der Waals surface area (Å²) in [5.74, 6) is -0.514. The molecule has 3 rings (SSSR count). The molecule has 3 aromatic carbocycles. The van der Waals surface area contributed by atoms with E-state index in [-0.39, 0.29) is 17.7 Å². The maximum atomic E-state index is 13.1. The summed E-state index contributed by atoms with van der Waals surface area (Å²) in [6, 6.07) is 22.0. The van der Waals surface area contributed by atoms with Gasteiger partial charge in [0.1, 0.15) is 0 Å². The minimum atomic E-state index is -0.284. The largest absolute Gasteiger partial charge is 0.326 e. The van der Waals surface area contributed by atoms with E-state index in [1.807, 2.05) is 57.2 Å². The van der Waals surface area contributed by atoms with Gasteiger partial charge in [0.15, 0.2) is 0 Å². The van der Waals surface area contributed by atoms with Crippen molar-refractivity contribution in [1.29, 1.82) is 5.26 Å². The first kappa shape index (κ1) is 20.8. The van der Waals surface area contributed by atoms with Crippen LogP contribution in [0.25, 0.3) is 11.1 Å². The van der Waals surface area contributed by atoms with E-state index in [0.717, 1.165) is 5.56 Å². The summed E-state index contributed by atoms with van der Waals surface area (Å²) in [4.78, 5) is 25.1. The van der Waals surface area contributed by atoms with Crippen molar-refractivity contribution < 1.29 is 9.59 Å². The molecular formula is C25H23N3O2. The number of aryl methyl sites for hydroxylation is 1. The van der Waals surface area contributed by atoms with Gasteiger partial charge in [0, 0.05) is 28.4 Å². The van der Waals surface area contributed by atoms with E-state index in [9.17, 15) is 14.9 Å². The van der Waals surface area contributed by atoms with E-state index in [4.69, 9.17) is 0 Å². The van der Waals surface area contributed by atoms with Gasteiger partial charge < -0.3 is 10.6 Å². The van der Waals surface area contributed by atoms with Crippen LogP contribution in [0.1, 0.15) is 35.3 Å². The molecular weight excluding hydrogens is 374 g/mol. The van der Waals surface area contributed by atoms with Crippen molar-refractivity contribution >= 4 is 23.2 Å². The number of nitrogens with one attached hydrogen (secondary N) is 2. The summed E-state index contributed by atoms with van der Waals surface area (Å²) in [6.45, 7) is 5.53. The van der Waals surface area contributed by atoms with E-state index in [1.54, 1.807) is 30.3 Å². The lowest BCUT2D eigenvalue weighted by atomic mass is 9.95. The lowest BCUT2D eigenvalue weighted by Gasteiger charge is -2.14. The number of carbonyl (C=O) groups is 2. The number of nitriles is 1. The monoisotopic (exact) mass is 397 g/mol. The van der Waals surface area contributed by atoms with Crippen LogP contribution < -0.4 is 10.6 Å². The second-order valence-electron chi connectivity index (χ2n) is 7.33. The number of amides is 2. The van der Waals surface area contributed by atoms with Crippen molar-refractivity contribution in [3.63, 3.8) is 0 Å². The van der Waals surface area contributed by atoms with Crippen LogP contribution in [0.2, 0.25) is 0 Å². The van der Waals surface area contributed by atoms with E-state index in [2.05, 4.69) is 16.7 Å². The molecule has 0 aliphatic heterocycles. The molecule has 0 bridgehead atoms. The average Bonchev–Trinajstić information content (AvgIpc) is 2.75. The van der Waals surface area contributed by atoms with Gasteiger partial charge in [-0.25, -0.2) is 0 Å². The van der Waals surface area contributed by atoms with Crippen molar-refractivity contribution in [3.05, 3.63) is 83.4 Å². The van der Waals surface area contributed by atoms with E-state index in [1.165, 1.54) is 0 Å². The third-order valence-electron chi connectivity index (χ3n) is 4.79. The molecule has 3 aromatic rings. The number of nitrogens with zero attached hydrogens (tertiary/aromatic N) is 1. The molecule has 0 spiro atoms. The smallest absolute Gasteiger partial charge is 0.256 e. The molecule has 5 nitrogen and oxygen atoms in total. The molecule has 0 aliphatic rings. The molecule has 0 radical (unpaired) electrons. The van der Waals surface area contributed by atoms with Gasteiger partial charge in [0.05, 0.1) is 11.6 Å². The Balaban J connectivity index is 1.93. The summed E-state index contributed by atoms with van der Waals surface area (Å²) in [5, 5.41) is 15.2. The molecule has 0 fully saturated rings. The maximum absolute atomic E-state index is 13.1. The Hall–Kier alpha value is -3.91. The van der Waals surface area contributed by atoms with E-state index in [0.29, 0.717) is 33.6 Å². The highest BCUT2D eigenvalue weighted by atomic mass is 16.2. The number of benzene rings is 3. The molecule has 0 saturated carbocycles. The van der Waals surface area contributed by atoms with Crippen LogP contribution >= 0.6 is 0 Å². The highest BCUT2D eigenvalue weighted by Crippen LogP contribution is 2.28. The lowest BCUT2D eigenvalue weighted by molar-refractivity contribution is -0.118. The third kappa shape index (κ3) is 4.56. The fraction of sp³-hybridized carbons (Fsp3) is 0.160. The summed E-state index contributed by atoms with van der Waals surface area (Å²) in [5.41, 5.74) is 4.49. The fourth-order valence-corrected chi connectivity index (χ4v) is 3.04. The molecule has 0 saturated heterocycles. The fourth-order valence-electron chi connectivity index (χ4n) is 3.04. The minimum Gasteiger partial charge on any atom is -0.326 e. The summed E-state index contributed by atoms with van der Waals surface area (Å²) in [6.07, 6.45) is 0. The van der Waals surface area contributed by atoms with Gasteiger partial charge in [-0.05, 0) is 42.3 Å². The predicted molar refractivity (Wildman–Crippen MR) is 119 cm³/mol. The topological polar surface area (TPSA) is 82.0 Å². The predicted octanol–water partition coefficient (Wildman–Crippen LogP) is 5.38. The zero-order valence-corrected chi connectivity index (χ0v) is 17.2. The van der Waals surface area contributed by atoms with Crippen LogP contribution in [-0.2, 0) is 4.79 Å². The van der Waals surface area contributed by atoms with Crippen molar-refractivity contribution in [2.24, 2.45) is 5.92 Å². The van der Waals surface area contributed by atoms with Gasteiger partial charge in [-0.1, -0.05) is 56.3 Å². The summed E-state index contributed by atoms with van der Waals surface area (Å²) >= 11 is 0. The Morgan fingerprint density at radius 1 is 0.900 bits per heavy atom. The zero-order valence-electron chi connectivity index (χ0n) is 17.2. The van der Waals surface area contributed by atoms with Gasteiger partial charge >= 0.3 is 0 Å². The first-order chi connectivity index (χ1) is 14.4. The zero-order chi connectivity index (χ0) is 21.7. The molecule has 0 aromatic heterocycles. The molecule has 5 heteroatoms. The average molecular weight is 397 g/mol. The first-order valence-corrected chi connectivity index (χ1v) is 9.72. The normalized spacial score (nSPS) is 10.4. The Kier molecular flexibility index (Phi) is 6.29. The quantitative estimate of drug-likeness (QED) is 0.606. The first-order valence-electron chi connectivity index (χ1n) is 9.72. The molecule has 2 amide bonds. The van der Waals surface area contributed by atoms with Crippen molar-refractivity contribution in [2.45, 2.75) is 20.8 Å². The van der Waals surface area contributed by atoms with Crippen LogP contribution in [0.3, 0.4) is 0 Å². The number of rotatable bonds is 5. The molecule has 0 unspecified atom stereocenters. The Morgan fingerprint density at radius 3 is 2.27 bits per heavy atom. The number of carbonyl (C=O) groups excluding carboxylic acids is 2.